The fraction of sp³-hybridized carbons (Fsp3) is 0.211. The average Bonchev–Trinajstić information content (AvgIpc) is 2.59. The number of aliphatic imine (C=N–C) groups is 1. The topological polar surface area (TPSA) is 67.6 Å². The van der Waals surface area contributed by atoms with Crippen molar-refractivity contribution in [3.63, 3.8) is 0 Å². The Balaban J connectivity index is 2.03. The number of nitrogens with zero attached hydrogens (tertiary/aromatic N) is 2. The molecule has 4 nitrogen and oxygen atoms in total. The van der Waals surface area contributed by atoms with Gasteiger partial charge in [0, 0.05) is 18.7 Å². The smallest absolute Gasteiger partial charge is 0.192 e. The third-order valence-electron chi connectivity index (χ3n) is 4.32. The van der Waals surface area contributed by atoms with Crippen LogP contribution in [0.5, 0.6) is 0 Å². The van der Waals surface area contributed by atoms with E-state index >= 15 is 0 Å². The molecule has 0 unspecified atom stereocenters. The van der Waals surface area contributed by atoms with Crippen molar-refractivity contribution in [1.82, 2.24) is 4.90 Å². The Labute approximate surface area is 151 Å². The number of rotatable bonds is 3. The van der Waals surface area contributed by atoms with Crippen LogP contribution in [0.3, 0.4) is 0 Å². The predicted octanol–water partition coefficient (Wildman–Crippen LogP) is 3.64. The zero-order valence-corrected chi connectivity index (χ0v) is 14.7. The maximum Gasteiger partial charge on any atom is 0.192 e. The average molecular weight is 359 g/mol. The molecule has 0 aliphatic carbocycles. The minimum Gasteiger partial charge on any atom is -0.370 e. The quantitative estimate of drug-likeness (QED) is 0.650. The predicted molar refractivity (Wildman–Crippen MR) is 101 cm³/mol. The van der Waals surface area contributed by atoms with Crippen LogP contribution >= 0.6 is 11.6 Å². The van der Waals surface area contributed by atoms with Crippen LogP contribution < -0.4 is 11.5 Å². The fourth-order valence-electron chi connectivity index (χ4n) is 3.19. The van der Waals surface area contributed by atoms with E-state index in [1.807, 2.05) is 25.1 Å². The van der Waals surface area contributed by atoms with Gasteiger partial charge in [-0.3, -0.25) is 0 Å². The summed E-state index contributed by atoms with van der Waals surface area (Å²) < 4.78 is 13.4. The molecule has 130 valence electrons. The van der Waals surface area contributed by atoms with Gasteiger partial charge < -0.3 is 16.4 Å². The lowest BCUT2D eigenvalue weighted by Crippen LogP contribution is -2.32. The van der Waals surface area contributed by atoms with E-state index < -0.39 is 0 Å². The highest BCUT2D eigenvalue weighted by Gasteiger charge is 2.21. The molecule has 1 aliphatic rings. The Morgan fingerprint density at radius 2 is 2.04 bits per heavy atom. The fourth-order valence-corrected chi connectivity index (χ4v) is 3.46. The summed E-state index contributed by atoms with van der Waals surface area (Å²) >= 11 is 6.28. The normalized spacial score (nSPS) is 14.2. The van der Waals surface area contributed by atoms with Gasteiger partial charge in [-0.2, -0.15) is 4.99 Å². The molecule has 25 heavy (non-hydrogen) atoms. The number of benzene rings is 2. The van der Waals surface area contributed by atoms with Gasteiger partial charge in [-0.15, -0.1) is 0 Å². The number of nitrogens with two attached hydrogens (primary N) is 2. The summed E-state index contributed by atoms with van der Waals surface area (Å²) in [6.45, 7) is 3.39. The van der Waals surface area contributed by atoms with Crippen molar-refractivity contribution >= 4 is 17.6 Å². The van der Waals surface area contributed by atoms with E-state index in [-0.39, 0.29) is 11.8 Å². The van der Waals surface area contributed by atoms with Crippen molar-refractivity contribution in [2.24, 2.45) is 16.5 Å². The molecule has 1 heterocycles. The van der Waals surface area contributed by atoms with Crippen molar-refractivity contribution < 1.29 is 4.39 Å². The van der Waals surface area contributed by atoms with Crippen molar-refractivity contribution in [1.29, 1.82) is 0 Å². The second kappa shape index (κ2) is 7.15. The highest BCUT2D eigenvalue weighted by molar-refractivity contribution is 6.33. The van der Waals surface area contributed by atoms with E-state index in [0.29, 0.717) is 11.6 Å². The molecule has 3 rings (SSSR count). The highest BCUT2D eigenvalue weighted by Crippen LogP contribution is 2.35. The monoisotopic (exact) mass is 358 g/mol. The van der Waals surface area contributed by atoms with Gasteiger partial charge in [-0.25, -0.2) is 4.39 Å². The summed E-state index contributed by atoms with van der Waals surface area (Å²) in [6.07, 6.45) is 2.76. The van der Waals surface area contributed by atoms with Gasteiger partial charge in [0.15, 0.2) is 5.96 Å². The van der Waals surface area contributed by atoms with Crippen LogP contribution in [-0.4, -0.2) is 17.4 Å². The van der Waals surface area contributed by atoms with Gasteiger partial charge in [0.2, 0.25) is 0 Å². The number of allylic oxidation sites excluding steroid dienone is 1. The molecule has 0 radical (unpaired) electrons. The maximum absolute atomic E-state index is 13.4. The summed E-state index contributed by atoms with van der Waals surface area (Å²) in [5, 5.41) is 0.404. The molecule has 0 atom stereocenters. The lowest BCUT2D eigenvalue weighted by Gasteiger charge is -2.32. The lowest BCUT2D eigenvalue weighted by atomic mass is 9.91. The van der Waals surface area contributed by atoms with Crippen LogP contribution in [0.1, 0.15) is 18.1 Å². The van der Waals surface area contributed by atoms with Crippen molar-refractivity contribution in [2.75, 3.05) is 6.54 Å². The van der Waals surface area contributed by atoms with Crippen LogP contribution in [-0.2, 0) is 13.0 Å². The Morgan fingerprint density at radius 3 is 2.72 bits per heavy atom. The van der Waals surface area contributed by atoms with Gasteiger partial charge >= 0.3 is 0 Å². The molecule has 0 saturated heterocycles. The second-order valence-corrected chi connectivity index (χ2v) is 6.33. The molecule has 0 bridgehead atoms. The molecule has 1 aliphatic heterocycles. The minimum atomic E-state index is -0.343. The van der Waals surface area contributed by atoms with Crippen molar-refractivity contribution in [3.05, 3.63) is 70.3 Å². The van der Waals surface area contributed by atoms with Crippen molar-refractivity contribution in [2.45, 2.75) is 19.9 Å². The van der Waals surface area contributed by atoms with E-state index in [9.17, 15) is 4.39 Å². The van der Waals surface area contributed by atoms with Gasteiger partial charge in [0.1, 0.15) is 11.6 Å². The zero-order chi connectivity index (χ0) is 18.0. The summed E-state index contributed by atoms with van der Waals surface area (Å²) in [7, 11) is 0. The van der Waals surface area contributed by atoms with E-state index in [4.69, 9.17) is 23.1 Å². The summed E-state index contributed by atoms with van der Waals surface area (Å²) in [4.78, 5) is 6.34. The first kappa shape index (κ1) is 17.3. The summed E-state index contributed by atoms with van der Waals surface area (Å²) in [5.41, 5.74) is 15.3. The van der Waals surface area contributed by atoms with Crippen LogP contribution in [0.15, 0.2) is 53.3 Å². The van der Waals surface area contributed by atoms with Gasteiger partial charge in [0.05, 0.1) is 5.02 Å². The number of hydrogen-bond acceptors (Lipinski definition) is 2. The molecule has 0 saturated carbocycles. The molecule has 0 aromatic heterocycles. The standard InChI is InChI=1S/C19H20ClFN4/c1-2-18(24-19(22)23)25-9-8-12-4-3-5-14(16(12)11-25)15-7-6-13(21)10-17(15)20/h2-7,10H,8-9,11H2,1H3,(H4,22,23,24). The number of hydrogen-bond donors (Lipinski definition) is 2. The van der Waals surface area contributed by atoms with Gasteiger partial charge in [-0.05, 0) is 54.3 Å². The van der Waals surface area contributed by atoms with Gasteiger partial charge in [-0.1, -0.05) is 29.8 Å². The van der Waals surface area contributed by atoms with Crippen LogP contribution in [0.25, 0.3) is 11.1 Å². The summed E-state index contributed by atoms with van der Waals surface area (Å²) in [6, 6.07) is 10.6. The first-order chi connectivity index (χ1) is 12.0. The maximum atomic E-state index is 13.4. The van der Waals surface area contributed by atoms with E-state index in [1.165, 1.54) is 17.7 Å². The Kier molecular flexibility index (Phi) is 4.95. The molecule has 4 N–H and O–H groups in total. The Morgan fingerprint density at radius 1 is 1.24 bits per heavy atom. The zero-order valence-electron chi connectivity index (χ0n) is 14.0. The van der Waals surface area contributed by atoms with Crippen LogP contribution in [0.2, 0.25) is 5.02 Å². The van der Waals surface area contributed by atoms with Crippen LogP contribution in [0, 0.1) is 5.82 Å². The number of halogens is 2. The summed E-state index contributed by atoms with van der Waals surface area (Å²) in [5.74, 6) is 0.434. The first-order valence-electron chi connectivity index (χ1n) is 8.06. The molecule has 2 aromatic carbocycles. The third-order valence-corrected chi connectivity index (χ3v) is 4.63. The largest absolute Gasteiger partial charge is 0.370 e. The minimum absolute atomic E-state index is 0.0359. The van der Waals surface area contributed by atoms with E-state index in [0.717, 1.165) is 35.5 Å². The molecular formula is C19H20ClFN4. The first-order valence-corrected chi connectivity index (χ1v) is 8.44. The lowest BCUT2D eigenvalue weighted by molar-refractivity contribution is 0.319. The Bertz CT molecular complexity index is 856. The molecule has 6 heteroatoms. The molecule has 0 fully saturated rings. The van der Waals surface area contributed by atoms with E-state index in [1.54, 1.807) is 6.07 Å². The Hall–Kier alpha value is -2.53. The number of fused-ring (bicyclic) bond motifs is 1. The molecular weight excluding hydrogens is 339 g/mol. The van der Waals surface area contributed by atoms with Crippen LogP contribution in [0.4, 0.5) is 4.39 Å². The molecule has 0 spiro atoms. The highest BCUT2D eigenvalue weighted by atomic mass is 35.5. The van der Waals surface area contributed by atoms with E-state index in [2.05, 4.69) is 16.0 Å². The molecule has 0 amide bonds. The molecule has 2 aromatic rings. The second-order valence-electron chi connectivity index (χ2n) is 5.92. The third kappa shape index (κ3) is 3.61. The van der Waals surface area contributed by atoms with Crippen molar-refractivity contribution in [3.8, 4) is 11.1 Å². The number of guanidine groups is 1. The van der Waals surface area contributed by atoms with Gasteiger partial charge in [0.25, 0.3) is 0 Å². The SMILES string of the molecule is CC=C(N=C(N)N)N1CCc2cccc(-c3ccc(F)cc3Cl)c2C1.